The molecule has 0 radical (unpaired) electrons. The maximum absolute atomic E-state index is 13.3. The van der Waals surface area contributed by atoms with E-state index in [0.717, 1.165) is 21.2 Å². The minimum atomic E-state index is -3.72. The van der Waals surface area contributed by atoms with Gasteiger partial charge in [-0.3, -0.25) is 9.10 Å². The zero-order valence-electron chi connectivity index (χ0n) is 20.6. The predicted octanol–water partition coefficient (Wildman–Crippen LogP) is 5.37. The van der Waals surface area contributed by atoms with Crippen molar-refractivity contribution in [3.05, 3.63) is 82.7 Å². The third kappa shape index (κ3) is 5.03. The summed E-state index contributed by atoms with van der Waals surface area (Å²) in [4.78, 5) is 13.7. The number of anilines is 1. The number of ether oxygens (including phenoxy) is 2. The van der Waals surface area contributed by atoms with E-state index in [1.807, 2.05) is 31.2 Å². The molecule has 0 aliphatic rings. The van der Waals surface area contributed by atoms with Gasteiger partial charge in [0.25, 0.3) is 15.9 Å². The smallest absolute Gasteiger partial charge is 0.264 e. The number of aryl methyl sites for hydroxylation is 1. The Hall–Kier alpha value is -3.56. The van der Waals surface area contributed by atoms with Gasteiger partial charge >= 0.3 is 0 Å². The summed E-state index contributed by atoms with van der Waals surface area (Å²) in [5.41, 5.74) is 2.29. The van der Waals surface area contributed by atoms with Crippen LogP contribution in [0.4, 0.5) is 5.69 Å². The molecule has 0 aliphatic heterocycles. The van der Waals surface area contributed by atoms with Crippen LogP contribution in [-0.2, 0) is 16.6 Å². The van der Waals surface area contributed by atoms with Gasteiger partial charge in [-0.05, 0) is 67.8 Å². The van der Waals surface area contributed by atoms with Gasteiger partial charge in [0.2, 0.25) is 0 Å². The molecule has 1 aromatic heterocycles. The molecule has 0 saturated heterocycles. The first-order chi connectivity index (χ1) is 17.3. The first-order valence-corrected chi connectivity index (χ1v) is 13.6. The Labute approximate surface area is 215 Å². The van der Waals surface area contributed by atoms with Crippen LogP contribution < -0.4 is 19.1 Å². The SMILES string of the molecule is CCN(c1ccc2sc(C(=O)NCc3c(OC)cccc3OC)cc2c1)S(=O)(=O)c1ccc(C)cc1. The average molecular weight is 525 g/mol. The molecule has 0 aliphatic carbocycles. The molecule has 0 unspecified atom stereocenters. The maximum Gasteiger partial charge on any atom is 0.264 e. The molecule has 188 valence electrons. The third-order valence-corrected chi connectivity index (χ3v) is 8.90. The number of amides is 1. The number of carbonyl (C=O) groups is 1. The number of benzene rings is 3. The minimum absolute atomic E-state index is 0.231. The van der Waals surface area contributed by atoms with Crippen LogP contribution in [0.1, 0.15) is 27.7 Å². The van der Waals surface area contributed by atoms with Crippen molar-refractivity contribution in [1.29, 1.82) is 0 Å². The van der Waals surface area contributed by atoms with E-state index in [1.165, 1.54) is 15.6 Å². The number of rotatable bonds is 9. The van der Waals surface area contributed by atoms with E-state index in [0.29, 0.717) is 22.1 Å². The highest BCUT2D eigenvalue weighted by molar-refractivity contribution is 7.92. The molecule has 1 amide bonds. The van der Waals surface area contributed by atoms with E-state index in [2.05, 4.69) is 5.32 Å². The van der Waals surface area contributed by atoms with Crippen LogP contribution in [0.25, 0.3) is 10.1 Å². The second kappa shape index (κ2) is 10.6. The molecule has 3 aromatic carbocycles. The van der Waals surface area contributed by atoms with E-state index in [4.69, 9.17) is 9.47 Å². The van der Waals surface area contributed by atoms with Crippen molar-refractivity contribution >= 4 is 43.0 Å². The van der Waals surface area contributed by atoms with Gasteiger partial charge in [0, 0.05) is 11.2 Å². The highest BCUT2D eigenvalue weighted by Crippen LogP contribution is 2.32. The Morgan fingerprint density at radius 3 is 2.25 bits per heavy atom. The molecule has 0 spiro atoms. The molecular weight excluding hydrogens is 496 g/mol. The summed E-state index contributed by atoms with van der Waals surface area (Å²) in [5, 5.41) is 3.73. The number of carbonyl (C=O) groups excluding carboxylic acids is 1. The Morgan fingerprint density at radius 1 is 0.972 bits per heavy atom. The molecule has 4 rings (SSSR count). The Morgan fingerprint density at radius 2 is 1.64 bits per heavy atom. The Balaban J connectivity index is 1.58. The lowest BCUT2D eigenvalue weighted by Crippen LogP contribution is -2.30. The van der Waals surface area contributed by atoms with Gasteiger partial charge in [0.1, 0.15) is 11.5 Å². The standard InChI is InChI=1S/C27H28N2O5S2/c1-5-29(36(31,32)21-12-9-18(2)10-13-21)20-11-14-25-19(15-20)16-26(35-25)27(30)28-17-22-23(33-3)7-6-8-24(22)34-4/h6-16H,5,17H2,1-4H3,(H,28,30). The van der Waals surface area contributed by atoms with Gasteiger partial charge < -0.3 is 14.8 Å². The summed E-state index contributed by atoms with van der Waals surface area (Å²) >= 11 is 1.35. The molecular formula is C27H28N2O5S2. The van der Waals surface area contributed by atoms with Crippen molar-refractivity contribution in [2.45, 2.75) is 25.3 Å². The second-order valence-electron chi connectivity index (χ2n) is 8.14. The van der Waals surface area contributed by atoms with Gasteiger partial charge in [-0.25, -0.2) is 8.42 Å². The van der Waals surface area contributed by atoms with E-state index in [-0.39, 0.29) is 23.9 Å². The fourth-order valence-corrected chi connectivity index (χ4v) is 6.41. The predicted molar refractivity (Wildman–Crippen MR) is 144 cm³/mol. The number of thiophene rings is 1. The lowest BCUT2D eigenvalue weighted by molar-refractivity contribution is 0.0954. The van der Waals surface area contributed by atoms with E-state index >= 15 is 0 Å². The monoisotopic (exact) mass is 524 g/mol. The van der Waals surface area contributed by atoms with Crippen molar-refractivity contribution in [2.75, 3.05) is 25.1 Å². The lowest BCUT2D eigenvalue weighted by Gasteiger charge is -2.23. The molecule has 1 N–H and O–H groups in total. The molecule has 0 bridgehead atoms. The number of methoxy groups -OCH3 is 2. The van der Waals surface area contributed by atoms with Crippen LogP contribution in [0.15, 0.2) is 71.6 Å². The number of hydrogen-bond donors (Lipinski definition) is 1. The molecule has 0 fully saturated rings. The maximum atomic E-state index is 13.3. The normalized spacial score (nSPS) is 11.3. The fraction of sp³-hybridized carbons (Fsp3) is 0.222. The van der Waals surface area contributed by atoms with E-state index in [9.17, 15) is 13.2 Å². The summed E-state index contributed by atoms with van der Waals surface area (Å²) < 4.78 is 39.7. The zero-order valence-corrected chi connectivity index (χ0v) is 22.2. The highest BCUT2D eigenvalue weighted by atomic mass is 32.2. The largest absolute Gasteiger partial charge is 0.496 e. The second-order valence-corrected chi connectivity index (χ2v) is 11.1. The van der Waals surface area contributed by atoms with Gasteiger partial charge in [-0.2, -0.15) is 0 Å². The van der Waals surface area contributed by atoms with Crippen LogP contribution in [0.2, 0.25) is 0 Å². The van der Waals surface area contributed by atoms with Crippen molar-refractivity contribution in [2.24, 2.45) is 0 Å². The summed E-state index contributed by atoms with van der Waals surface area (Å²) in [7, 11) is -0.574. The van der Waals surface area contributed by atoms with Crippen LogP contribution >= 0.6 is 11.3 Å². The Bertz CT molecular complexity index is 1470. The lowest BCUT2D eigenvalue weighted by atomic mass is 10.1. The quantitative estimate of drug-likeness (QED) is 0.318. The Kier molecular flexibility index (Phi) is 7.51. The molecule has 1 heterocycles. The van der Waals surface area contributed by atoms with Crippen LogP contribution in [0.5, 0.6) is 11.5 Å². The summed E-state index contributed by atoms with van der Waals surface area (Å²) in [6.07, 6.45) is 0. The molecule has 7 nitrogen and oxygen atoms in total. The van der Waals surface area contributed by atoms with Crippen molar-refractivity contribution in [3.8, 4) is 11.5 Å². The first-order valence-electron chi connectivity index (χ1n) is 11.4. The summed E-state index contributed by atoms with van der Waals surface area (Å²) in [6, 6.07) is 19.5. The number of sulfonamides is 1. The average Bonchev–Trinajstić information content (AvgIpc) is 3.31. The third-order valence-electron chi connectivity index (χ3n) is 5.86. The number of hydrogen-bond acceptors (Lipinski definition) is 6. The number of nitrogens with zero attached hydrogens (tertiary/aromatic N) is 1. The summed E-state index contributed by atoms with van der Waals surface area (Å²) in [6.45, 7) is 4.23. The highest BCUT2D eigenvalue weighted by Gasteiger charge is 2.24. The first kappa shape index (κ1) is 25.5. The van der Waals surface area contributed by atoms with Crippen molar-refractivity contribution in [1.82, 2.24) is 5.32 Å². The zero-order chi connectivity index (χ0) is 25.9. The van der Waals surface area contributed by atoms with Crippen molar-refractivity contribution < 1.29 is 22.7 Å². The van der Waals surface area contributed by atoms with Gasteiger partial charge in [0.05, 0.1) is 41.8 Å². The molecule has 36 heavy (non-hydrogen) atoms. The summed E-state index contributed by atoms with van der Waals surface area (Å²) in [5.74, 6) is 1.03. The molecule has 9 heteroatoms. The topological polar surface area (TPSA) is 84.9 Å². The van der Waals surface area contributed by atoms with Gasteiger partial charge in [-0.15, -0.1) is 11.3 Å². The van der Waals surface area contributed by atoms with E-state index in [1.54, 1.807) is 63.6 Å². The van der Waals surface area contributed by atoms with Gasteiger partial charge in [-0.1, -0.05) is 23.8 Å². The van der Waals surface area contributed by atoms with Crippen LogP contribution in [0, 0.1) is 6.92 Å². The minimum Gasteiger partial charge on any atom is -0.496 e. The van der Waals surface area contributed by atoms with Gasteiger partial charge in [0.15, 0.2) is 0 Å². The molecule has 0 saturated carbocycles. The number of nitrogens with one attached hydrogen (secondary N) is 1. The molecule has 0 atom stereocenters. The van der Waals surface area contributed by atoms with Crippen molar-refractivity contribution in [3.63, 3.8) is 0 Å². The number of fused-ring (bicyclic) bond motifs is 1. The fourth-order valence-electron chi connectivity index (χ4n) is 3.98. The van der Waals surface area contributed by atoms with E-state index < -0.39 is 10.0 Å². The van der Waals surface area contributed by atoms with Crippen LogP contribution in [0.3, 0.4) is 0 Å². The van der Waals surface area contributed by atoms with Crippen LogP contribution in [-0.4, -0.2) is 35.1 Å². The molecule has 4 aromatic rings.